The Morgan fingerprint density at radius 2 is 1.56 bits per heavy atom. The van der Waals surface area contributed by atoms with Gasteiger partial charge in [0.1, 0.15) is 0 Å². The zero-order valence-corrected chi connectivity index (χ0v) is 12.9. The summed E-state index contributed by atoms with van der Waals surface area (Å²) in [5, 5.41) is 2.06. The Morgan fingerprint density at radius 1 is 0.944 bits per heavy atom. The van der Waals surface area contributed by atoms with E-state index in [1.807, 2.05) is 6.07 Å². The smallest absolute Gasteiger partial charge is 0.0502 e. The van der Waals surface area contributed by atoms with Crippen molar-refractivity contribution in [2.24, 2.45) is 0 Å². The van der Waals surface area contributed by atoms with E-state index in [1.54, 1.807) is 0 Å². The van der Waals surface area contributed by atoms with Crippen LogP contribution in [-0.2, 0) is 11.0 Å². The molecule has 0 aliphatic carbocycles. The molecule has 0 fully saturated rings. The highest BCUT2D eigenvalue weighted by atomic mass is 35.5. The standard InChI is InChI=1S/C16H22ClN/c1-15(2,3)14-9-11-7-8-12(17)10-13(11)18(14)16(4,5)6/h7-10H,1-6H3. The van der Waals surface area contributed by atoms with Crippen LogP contribution in [0.25, 0.3) is 10.9 Å². The third kappa shape index (κ3) is 2.29. The zero-order valence-electron chi connectivity index (χ0n) is 12.1. The monoisotopic (exact) mass is 263 g/mol. The number of halogens is 1. The summed E-state index contributed by atoms with van der Waals surface area (Å²) in [6.45, 7) is 13.5. The van der Waals surface area contributed by atoms with Gasteiger partial charge in [-0.2, -0.15) is 0 Å². The van der Waals surface area contributed by atoms with Crippen molar-refractivity contribution in [3.63, 3.8) is 0 Å². The summed E-state index contributed by atoms with van der Waals surface area (Å²) in [5.74, 6) is 0. The Bertz CT molecular complexity index is 579. The van der Waals surface area contributed by atoms with Gasteiger partial charge in [-0.3, -0.25) is 0 Å². The van der Waals surface area contributed by atoms with Crippen molar-refractivity contribution >= 4 is 22.5 Å². The molecule has 0 bridgehead atoms. The van der Waals surface area contributed by atoms with Crippen molar-refractivity contribution in [1.82, 2.24) is 4.57 Å². The van der Waals surface area contributed by atoms with Gasteiger partial charge in [0.15, 0.2) is 0 Å². The van der Waals surface area contributed by atoms with E-state index in [4.69, 9.17) is 11.6 Å². The van der Waals surface area contributed by atoms with Crippen LogP contribution in [0.3, 0.4) is 0 Å². The molecule has 1 nitrogen and oxygen atoms in total. The summed E-state index contributed by atoms with van der Waals surface area (Å²) in [7, 11) is 0. The second-order valence-electron chi connectivity index (χ2n) is 6.99. The van der Waals surface area contributed by atoms with Gasteiger partial charge in [0, 0.05) is 21.7 Å². The molecule has 0 amide bonds. The van der Waals surface area contributed by atoms with Gasteiger partial charge >= 0.3 is 0 Å². The van der Waals surface area contributed by atoms with E-state index >= 15 is 0 Å². The molecule has 2 rings (SSSR count). The minimum Gasteiger partial charge on any atom is -0.339 e. The number of hydrogen-bond donors (Lipinski definition) is 0. The zero-order chi connectivity index (χ0) is 13.7. The summed E-state index contributed by atoms with van der Waals surface area (Å²) < 4.78 is 2.41. The Balaban J connectivity index is 2.87. The van der Waals surface area contributed by atoms with E-state index in [2.05, 4.69) is 64.3 Å². The molecule has 0 saturated carbocycles. The van der Waals surface area contributed by atoms with Gasteiger partial charge in [-0.15, -0.1) is 0 Å². The molecule has 18 heavy (non-hydrogen) atoms. The molecule has 2 heteroatoms. The van der Waals surface area contributed by atoms with Gasteiger partial charge < -0.3 is 4.57 Å². The fourth-order valence-corrected chi connectivity index (χ4v) is 2.62. The number of aromatic nitrogens is 1. The molecule has 0 N–H and O–H groups in total. The average molecular weight is 264 g/mol. The topological polar surface area (TPSA) is 4.93 Å². The van der Waals surface area contributed by atoms with E-state index in [9.17, 15) is 0 Å². The molecule has 0 aliphatic rings. The molecule has 0 spiro atoms. The quantitative estimate of drug-likeness (QED) is 0.604. The summed E-state index contributed by atoms with van der Waals surface area (Å²) >= 11 is 6.15. The van der Waals surface area contributed by atoms with Crippen LogP contribution < -0.4 is 0 Å². The third-order valence-corrected chi connectivity index (χ3v) is 3.44. The highest BCUT2D eigenvalue weighted by Crippen LogP contribution is 2.35. The number of hydrogen-bond acceptors (Lipinski definition) is 0. The minimum atomic E-state index is 0.0506. The lowest BCUT2D eigenvalue weighted by Crippen LogP contribution is -2.28. The second-order valence-corrected chi connectivity index (χ2v) is 7.43. The van der Waals surface area contributed by atoms with Crippen molar-refractivity contribution in [3.8, 4) is 0 Å². The van der Waals surface area contributed by atoms with Crippen LogP contribution in [0.5, 0.6) is 0 Å². The molecule has 2 aromatic rings. The fourth-order valence-electron chi connectivity index (χ4n) is 2.45. The lowest BCUT2D eigenvalue weighted by Gasteiger charge is -2.31. The molecule has 0 radical (unpaired) electrons. The lowest BCUT2D eigenvalue weighted by molar-refractivity contribution is 0.372. The maximum absolute atomic E-state index is 6.15. The SMILES string of the molecule is CC(C)(C)c1cc2ccc(Cl)cc2n1C(C)(C)C. The second kappa shape index (κ2) is 4.03. The van der Waals surface area contributed by atoms with Crippen molar-refractivity contribution < 1.29 is 0 Å². The van der Waals surface area contributed by atoms with E-state index in [0.29, 0.717) is 0 Å². The Kier molecular flexibility index (Phi) is 3.02. The minimum absolute atomic E-state index is 0.0506. The van der Waals surface area contributed by atoms with Crippen LogP contribution in [-0.4, -0.2) is 4.57 Å². The van der Waals surface area contributed by atoms with Crippen LogP contribution in [0.4, 0.5) is 0 Å². The molecule has 1 aromatic carbocycles. The summed E-state index contributed by atoms with van der Waals surface area (Å²) in [6.07, 6.45) is 0. The largest absolute Gasteiger partial charge is 0.339 e. The molecular weight excluding hydrogens is 242 g/mol. The maximum Gasteiger partial charge on any atom is 0.0502 e. The van der Waals surface area contributed by atoms with Gasteiger partial charge in [0.2, 0.25) is 0 Å². The van der Waals surface area contributed by atoms with E-state index in [0.717, 1.165) is 5.02 Å². The van der Waals surface area contributed by atoms with Crippen LogP contribution in [0, 0.1) is 0 Å². The third-order valence-electron chi connectivity index (χ3n) is 3.21. The first-order valence-corrected chi connectivity index (χ1v) is 6.80. The number of benzene rings is 1. The normalized spacial score (nSPS) is 13.3. The van der Waals surface area contributed by atoms with Crippen molar-refractivity contribution in [1.29, 1.82) is 0 Å². The van der Waals surface area contributed by atoms with Crippen LogP contribution in [0.2, 0.25) is 5.02 Å². The first kappa shape index (κ1) is 13.5. The molecule has 0 saturated heterocycles. The molecule has 98 valence electrons. The molecular formula is C16H22ClN. The highest BCUT2D eigenvalue weighted by molar-refractivity contribution is 6.31. The molecule has 1 heterocycles. The van der Waals surface area contributed by atoms with Crippen LogP contribution >= 0.6 is 11.6 Å². The first-order valence-electron chi connectivity index (χ1n) is 6.43. The fraction of sp³-hybridized carbons (Fsp3) is 0.500. The maximum atomic E-state index is 6.15. The van der Waals surface area contributed by atoms with Crippen LogP contribution in [0.15, 0.2) is 24.3 Å². The lowest BCUT2D eigenvalue weighted by atomic mass is 9.91. The van der Waals surface area contributed by atoms with Gasteiger partial charge in [-0.25, -0.2) is 0 Å². The first-order chi connectivity index (χ1) is 8.10. The number of fused-ring (bicyclic) bond motifs is 1. The Morgan fingerprint density at radius 3 is 2.06 bits per heavy atom. The predicted octanol–water partition coefficient (Wildman–Crippen LogP) is 5.35. The number of nitrogens with zero attached hydrogens (tertiary/aromatic N) is 1. The van der Waals surface area contributed by atoms with Gasteiger partial charge in [0.25, 0.3) is 0 Å². The summed E-state index contributed by atoms with van der Waals surface area (Å²) in [6, 6.07) is 8.42. The molecule has 0 aliphatic heterocycles. The van der Waals surface area contributed by atoms with Gasteiger partial charge in [0.05, 0.1) is 5.52 Å². The average Bonchev–Trinajstić information content (AvgIpc) is 2.54. The van der Waals surface area contributed by atoms with Crippen molar-refractivity contribution in [2.45, 2.75) is 52.5 Å². The van der Waals surface area contributed by atoms with Crippen LogP contribution in [0.1, 0.15) is 47.2 Å². The Hall–Kier alpha value is -0.950. The predicted molar refractivity (Wildman–Crippen MR) is 80.6 cm³/mol. The van der Waals surface area contributed by atoms with E-state index in [-0.39, 0.29) is 11.0 Å². The Labute approximate surface area is 115 Å². The highest BCUT2D eigenvalue weighted by Gasteiger charge is 2.26. The van der Waals surface area contributed by atoms with Crippen molar-refractivity contribution in [2.75, 3.05) is 0 Å². The van der Waals surface area contributed by atoms with Gasteiger partial charge in [-0.1, -0.05) is 38.4 Å². The number of rotatable bonds is 0. The van der Waals surface area contributed by atoms with E-state index < -0.39 is 0 Å². The van der Waals surface area contributed by atoms with Crippen molar-refractivity contribution in [3.05, 3.63) is 35.0 Å². The van der Waals surface area contributed by atoms with E-state index in [1.165, 1.54) is 16.6 Å². The molecule has 0 unspecified atom stereocenters. The summed E-state index contributed by atoms with van der Waals surface area (Å²) in [4.78, 5) is 0. The molecule has 1 aromatic heterocycles. The molecule has 0 atom stereocenters. The van der Waals surface area contributed by atoms with Gasteiger partial charge in [-0.05, 0) is 44.4 Å². The summed E-state index contributed by atoms with van der Waals surface area (Å²) in [5.41, 5.74) is 2.75.